The highest BCUT2D eigenvalue weighted by Crippen LogP contribution is 2.18. The Kier molecular flexibility index (Phi) is 5.18. The number of carbonyl (C=O) groups excluding carboxylic acids is 1. The van der Waals surface area contributed by atoms with Crippen molar-refractivity contribution in [3.63, 3.8) is 0 Å². The average molecular weight is 343 g/mol. The first-order chi connectivity index (χ1) is 12.0. The molecule has 1 aliphatic carbocycles. The summed E-state index contributed by atoms with van der Waals surface area (Å²) in [6.45, 7) is 3.90. The minimum atomic E-state index is -0.256. The van der Waals surface area contributed by atoms with Crippen LogP contribution in [0.5, 0.6) is 0 Å². The molecule has 0 radical (unpaired) electrons. The van der Waals surface area contributed by atoms with Gasteiger partial charge in [-0.1, -0.05) is 18.6 Å². The van der Waals surface area contributed by atoms with Crippen LogP contribution in [0.2, 0.25) is 0 Å². The summed E-state index contributed by atoms with van der Waals surface area (Å²) >= 11 is 0. The number of hydrogen-bond donors (Lipinski definition) is 2. The zero-order chi connectivity index (χ0) is 18.0. The van der Waals surface area contributed by atoms with Crippen molar-refractivity contribution >= 4 is 16.7 Å². The van der Waals surface area contributed by atoms with E-state index in [0.717, 1.165) is 29.5 Å². The number of benzene rings is 1. The Morgan fingerprint density at radius 3 is 2.68 bits per heavy atom. The van der Waals surface area contributed by atoms with Crippen molar-refractivity contribution in [1.82, 2.24) is 15.1 Å². The summed E-state index contributed by atoms with van der Waals surface area (Å²) in [4.78, 5) is 25.0. The van der Waals surface area contributed by atoms with Gasteiger partial charge in [-0.25, -0.2) is 4.68 Å². The number of nitrogens with zero attached hydrogens (tertiary/aromatic N) is 2. The fraction of sp³-hybridized carbons (Fsp3) is 0.526. The minimum Gasteiger partial charge on any atom is -0.393 e. The zero-order valence-electron chi connectivity index (χ0n) is 14.8. The van der Waals surface area contributed by atoms with E-state index in [1.165, 1.54) is 4.68 Å². The molecule has 0 atom stereocenters. The number of fused-ring (bicyclic) bond motifs is 1. The maximum atomic E-state index is 12.7. The lowest BCUT2D eigenvalue weighted by Gasteiger charge is -2.26. The molecule has 2 N–H and O–H groups in total. The van der Waals surface area contributed by atoms with E-state index in [4.69, 9.17) is 0 Å². The molecule has 0 spiro atoms. The van der Waals surface area contributed by atoms with E-state index in [1.807, 2.05) is 32.0 Å². The van der Waals surface area contributed by atoms with E-state index >= 15 is 0 Å². The molecule has 25 heavy (non-hydrogen) atoms. The lowest BCUT2D eigenvalue weighted by Crippen LogP contribution is -2.42. The Hall–Kier alpha value is -2.21. The number of amides is 1. The molecule has 134 valence electrons. The van der Waals surface area contributed by atoms with E-state index in [9.17, 15) is 14.7 Å². The molecule has 1 amide bonds. The molecule has 6 heteroatoms. The summed E-state index contributed by atoms with van der Waals surface area (Å²) in [5, 5.41) is 18.4. The zero-order valence-corrected chi connectivity index (χ0v) is 14.8. The van der Waals surface area contributed by atoms with Gasteiger partial charge in [0, 0.05) is 11.4 Å². The SMILES string of the molecule is CCc1nn(CC(=O)N[C@H]2CC[C@H](O)CC2)c(=O)c2ccc(C)cc12. The van der Waals surface area contributed by atoms with Crippen LogP contribution in [0.4, 0.5) is 0 Å². The summed E-state index contributed by atoms with van der Waals surface area (Å²) in [6.07, 6.45) is 3.39. The Morgan fingerprint density at radius 1 is 1.28 bits per heavy atom. The highest BCUT2D eigenvalue weighted by Gasteiger charge is 2.21. The van der Waals surface area contributed by atoms with Crippen LogP contribution in [0, 0.1) is 6.92 Å². The molecule has 1 aliphatic rings. The quantitative estimate of drug-likeness (QED) is 0.885. The van der Waals surface area contributed by atoms with Crippen LogP contribution in [0.15, 0.2) is 23.0 Å². The van der Waals surface area contributed by atoms with Crippen LogP contribution in [0.1, 0.15) is 43.9 Å². The molecule has 1 fully saturated rings. The smallest absolute Gasteiger partial charge is 0.275 e. The van der Waals surface area contributed by atoms with Gasteiger partial charge in [0.15, 0.2) is 0 Å². The fourth-order valence-electron chi connectivity index (χ4n) is 3.47. The number of aliphatic hydroxyl groups is 1. The van der Waals surface area contributed by atoms with Crippen molar-refractivity contribution in [2.75, 3.05) is 0 Å². The summed E-state index contributed by atoms with van der Waals surface area (Å²) in [5.74, 6) is -0.204. The molecular formula is C19H25N3O3. The number of rotatable bonds is 4. The number of aryl methyl sites for hydroxylation is 2. The van der Waals surface area contributed by atoms with E-state index in [2.05, 4.69) is 10.4 Å². The van der Waals surface area contributed by atoms with Gasteiger partial charge in [-0.2, -0.15) is 5.10 Å². The summed E-state index contributed by atoms with van der Waals surface area (Å²) < 4.78 is 1.27. The predicted molar refractivity (Wildman–Crippen MR) is 96.5 cm³/mol. The van der Waals surface area contributed by atoms with E-state index in [-0.39, 0.29) is 30.2 Å². The van der Waals surface area contributed by atoms with Gasteiger partial charge >= 0.3 is 0 Å². The average Bonchev–Trinajstić information content (AvgIpc) is 2.59. The van der Waals surface area contributed by atoms with E-state index < -0.39 is 0 Å². The highest BCUT2D eigenvalue weighted by atomic mass is 16.3. The lowest BCUT2D eigenvalue weighted by atomic mass is 9.93. The normalized spacial score (nSPS) is 20.6. The third-order valence-corrected chi connectivity index (χ3v) is 4.88. The van der Waals surface area contributed by atoms with Gasteiger partial charge in [-0.15, -0.1) is 0 Å². The van der Waals surface area contributed by atoms with Crippen molar-refractivity contribution in [2.24, 2.45) is 0 Å². The minimum absolute atomic E-state index is 0.0698. The van der Waals surface area contributed by atoms with Crippen molar-refractivity contribution < 1.29 is 9.90 Å². The molecule has 1 saturated carbocycles. The lowest BCUT2D eigenvalue weighted by molar-refractivity contribution is -0.123. The molecule has 1 aromatic heterocycles. The van der Waals surface area contributed by atoms with Gasteiger partial charge in [0.1, 0.15) is 6.54 Å². The maximum Gasteiger partial charge on any atom is 0.275 e. The number of aromatic nitrogens is 2. The van der Waals surface area contributed by atoms with Gasteiger partial charge in [0.05, 0.1) is 17.2 Å². The third-order valence-electron chi connectivity index (χ3n) is 4.88. The second-order valence-corrected chi connectivity index (χ2v) is 6.89. The first-order valence-corrected chi connectivity index (χ1v) is 8.95. The molecule has 0 unspecified atom stereocenters. The van der Waals surface area contributed by atoms with Crippen LogP contribution in [-0.4, -0.2) is 32.9 Å². The van der Waals surface area contributed by atoms with Crippen LogP contribution >= 0.6 is 0 Å². The van der Waals surface area contributed by atoms with Gasteiger partial charge in [0.25, 0.3) is 5.56 Å². The van der Waals surface area contributed by atoms with Crippen LogP contribution < -0.4 is 10.9 Å². The molecule has 0 aliphatic heterocycles. The molecule has 2 aromatic rings. The monoisotopic (exact) mass is 343 g/mol. The highest BCUT2D eigenvalue weighted by molar-refractivity contribution is 5.84. The number of aliphatic hydroxyl groups excluding tert-OH is 1. The first-order valence-electron chi connectivity index (χ1n) is 8.95. The molecule has 1 aromatic carbocycles. The Balaban J connectivity index is 1.81. The van der Waals surface area contributed by atoms with Gasteiger partial charge in [0.2, 0.25) is 5.91 Å². The van der Waals surface area contributed by atoms with Gasteiger partial charge in [-0.3, -0.25) is 9.59 Å². The van der Waals surface area contributed by atoms with Crippen molar-refractivity contribution in [3.8, 4) is 0 Å². The van der Waals surface area contributed by atoms with Crippen molar-refractivity contribution in [1.29, 1.82) is 0 Å². The van der Waals surface area contributed by atoms with Crippen molar-refractivity contribution in [3.05, 3.63) is 39.8 Å². The second kappa shape index (κ2) is 7.35. The summed E-state index contributed by atoms with van der Waals surface area (Å²) in [7, 11) is 0. The van der Waals surface area contributed by atoms with Crippen LogP contribution in [0.3, 0.4) is 0 Å². The fourth-order valence-corrected chi connectivity index (χ4v) is 3.47. The van der Waals surface area contributed by atoms with Crippen LogP contribution in [-0.2, 0) is 17.8 Å². The van der Waals surface area contributed by atoms with Gasteiger partial charge < -0.3 is 10.4 Å². The predicted octanol–water partition coefficient (Wildman–Crippen LogP) is 1.69. The molecule has 0 bridgehead atoms. The topological polar surface area (TPSA) is 84.2 Å². The molecule has 3 rings (SSSR count). The van der Waals surface area contributed by atoms with Crippen molar-refractivity contribution in [2.45, 2.75) is 64.6 Å². The summed E-state index contributed by atoms with van der Waals surface area (Å²) in [5.41, 5.74) is 1.67. The molecule has 6 nitrogen and oxygen atoms in total. The Bertz CT molecular complexity index is 836. The van der Waals surface area contributed by atoms with Gasteiger partial charge in [-0.05, 0) is 51.2 Å². The van der Waals surface area contributed by atoms with Crippen LogP contribution in [0.25, 0.3) is 10.8 Å². The first kappa shape index (κ1) is 17.6. The summed E-state index contributed by atoms with van der Waals surface area (Å²) in [6, 6.07) is 5.76. The third kappa shape index (κ3) is 3.90. The second-order valence-electron chi connectivity index (χ2n) is 6.89. The molecule has 1 heterocycles. The molecule has 0 saturated heterocycles. The Labute approximate surface area is 146 Å². The van der Waals surface area contributed by atoms with E-state index in [1.54, 1.807) is 0 Å². The standard InChI is InChI=1S/C19H25N3O3/c1-3-17-16-10-12(2)4-9-15(16)19(25)22(21-17)11-18(24)20-13-5-7-14(23)8-6-13/h4,9-10,13-14,23H,3,5-8,11H2,1-2H3,(H,20,24)/t13-,14-. The molecular weight excluding hydrogens is 318 g/mol. The maximum absolute atomic E-state index is 12.7. The number of hydrogen-bond acceptors (Lipinski definition) is 4. The Morgan fingerprint density at radius 2 is 2.00 bits per heavy atom. The van der Waals surface area contributed by atoms with E-state index in [0.29, 0.717) is 24.6 Å². The largest absolute Gasteiger partial charge is 0.393 e. The number of nitrogens with one attached hydrogen (secondary N) is 1. The number of carbonyl (C=O) groups is 1.